The zero-order valence-corrected chi connectivity index (χ0v) is 16.5. The summed E-state index contributed by atoms with van der Waals surface area (Å²) in [5.74, 6) is -0.780. The van der Waals surface area contributed by atoms with Gasteiger partial charge in [-0.1, -0.05) is 18.7 Å². The number of rotatable bonds is 12. The van der Waals surface area contributed by atoms with Crippen LogP contribution >= 0.6 is 0 Å². The summed E-state index contributed by atoms with van der Waals surface area (Å²) >= 11 is 0. The number of carbonyl (C=O) groups excluding carboxylic acids is 2. The molecule has 0 atom stereocenters. The first kappa shape index (κ1) is 22.7. The molecule has 0 spiro atoms. The number of unbranched alkanes of at least 4 members (excludes halogenated alkanes) is 1. The zero-order chi connectivity index (χ0) is 21.8. The van der Waals surface area contributed by atoms with Crippen molar-refractivity contribution in [1.29, 1.82) is 0 Å². The molecular formula is C23H24O7. The first-order chi connectivity index (χ1) is 14.5. The first-order valence-corrected chi connectivity index (χ1v) is 9.53. The smallest absolute Gasteiger partial charge is 0.343 e. The second-order valence-corrected chi connectivity index (χ2v) is 6.38. The molecule has 0 unspecified atom stereocenters. The molecule has 158 valence electrons. The monoisotopic (exact) mass is 412 g/mol. The Morgan fingerprint density at radius 3 is 2.17 bits per heavy atom. The topological polar surface area (TPSA) is 99.1 Å². The Morgan fingerprint density at radius 2 is 1.53 bits per heavy atom. The van der Waals surface area contributed by atoms with E-state index in [9.17, 15) is 14.4 Å². The van der Waals surface area contributed by atoms with Crippen LogP contribution in [-0.4, -0.2) is 36.2 Å². The maximum absolute atomic E-state index is 12.2. The lowest BCUT2D eigenvalue weighted by molar-refractivity contribution is -0.138. The molecule has 2 aromatic rings. The van der Waals surface area contributed by atoms with E-state index in [1.165, 1.54) is 0 Å². The van der Waals surface area contributed by atoms with Gasteiger partial charge in [-0.25, -0.2) is 9.59 Å². The minimum Gasteiger partial charge on any atom is -0.494 e. The lowest BCUT2D eigenvalue weighted by Crippen LogP contribution is -2.08. The number of benzene rings is 2. The van der Waals surface area contributed by atoms with Crippen molar-refractivity contribution >= 4 is 17.9 Å². The lowest BCUT2D eigenvalue weighted by Gasteiger charge is -2.08. The molecule has 30 heavy (non-hydrogen) atoms. The van der Waals surface area contributed by atoms with Gasteiger partial charge in [0.05, 0.1) is 18.8 Å². The maximum Gasteiger partial charge on any atom is 0.343 e. The van der Waals surface area contributed by atoms with Crippen molar-refractivity contribution in [2.75, 3.05) is 13.2 Å². The molecule has 0 saturated carbocycles. The van der Waals surface area contributed by atoms with E-state index in [1.54, 1.807) is 48.5 Å². The van der Waals surface area contributed by atoms with Gasteiger partial charge in [-0.2, -0.15) is 0 Å². The molecule has 2 aromatic carbocycles. The number of aryl methyl sites for hydroxylation is 1. The molecule has 0 aliphatic carbocycles. The molecule has 7 heteroatoms. The quantitative estimate of drug-likeness (QED) is 0.245. The van der Waals surface area contributed by atoms with Gasteiger partial charge in [0.1, 0.15) is 11.5 Å². The van der Waals surface area contributed by atoms with Crippen LogP contribution in [0.2, 0.25) is 0 Å². The number of esters is 2. The third kappa shape index (κ3) is 8.18. The van der Waals surface area contributed by atoms with Crippen LogP contribution in [-0.2, 0) is 20.7 Å². The fourth-order valence-electron chi connectivity index (χ4n) is 2.45. The number of hydrogen-bond donors (Lipinski definition) is 1. The summed E-state index contributed by atoms with van der Waals surface area (Å²) in [4.78, 5) is 33.8. The molecular weight excluding hydrogens is 388 g/mol. The predicted molar refractivity (Wildman–Crippen MR) is 110 cm³/mol. The summed E-state index contributed by atoms with van der Waals surface area (Å²) in [5, 5.41) is 8.71. The second kappa shape index (κ2) is 12.1. The summed E-state index contributed by atoms with van der Waals surface area (Å²) < 4.78 is 15.8. The van der Waals surface area contributed by atoms with Crippen LogP contribution in [0.15, 0.2) is 61.2 Å². The Kier molecular flexibility index (Phi) is 9.12. The SMILES string of the molecule is C=CC(=O)OCCCCOc1ccc(C(=O)Oc2ccc(CCC(=O)O)cc2)cc1. The Bertz CT molecular complexity index is 854. The molecule has 0 fully saturated rings. The Balaban J connectivity index is 1.74. The van der Waals surface area contributed by atoms with Crippen molar-refractivity contribution in [1.82, 2.24) is 0 Å². The van der Waals surface area contributed by atoms with Crippen LogP contribution in [0.4, 0.5) is 0 Å². The number of carboxylic acids is 1. The van der Waals surface area contributed by atoms with E-state index < -0.39 is 17.9 Å². The molecule has 2 rings (SSSR count). The molecule has 0 radical (unpaired) electrons. The first-order valence-electron chi connectivity index (χ1n) is 9.53. The zero-order valence-electron chi connectivity index (χ0n) is 16.5. The third-order valence-corrected chi connectivity index (χ3v) is 4.07. The van der Waals surface area contributed by atoms with Gasteiger partial charge in [0, 0.05) is 12.5 Å². The Labute approximate surface area is 174 Å². The van der Waals surface area contributed by atoms with E-state index in [1.807, 2.05) is 0 Å². The van der Waals surface area contributed by atoms with Gasteiger partial charge in [-0.15, -0.1) is 0 Å². The molecule has 0 aromatic heterocycles. The fraction of sp³-hybridized carbons (Fsp3) is 0.261. The number of ether oxygens (including phenoxy) is 3. The Hall–Kier alpha value is -3.61. The summed E-state index contributed by atoms with van der Waals surface area (Å²) in [6, 6.07) is 13.3. The van der Waals surface area contributed by atoms with Crippen LogP contribution in [0.25, 0.3) is 0 Å². The molecule has 0 heterocycles. The summed E-state index contributed by atoms with van der Waals surface area (Å²) in [5.41, 5.74) is 1.24. The number of carboxylic acid groups (broad SMARTS) is 1. The van der Waals surface area contributed by atoms with Gasteiger partial charge in [0.15, 0.2) is 0 Å². The standard InChI is InChI=1S/C23H24O7/c1-2-22(26)29-16-4-3-15-28-19-12-8-18(9-13-19)23(27)30-20-10-5-17(6-11-20)7-14-21(24)25/h2,5-6,8-13H,1,3-4,7,14-16H2,(H,24,25). The summed E-state index contributed by atoms with van der Waals surface area (Å²) in [6.07, 6.45) is 3.00. The number of hydrogen-bond acceptors (Lipinski definition) is 6. The average Bonchev–Trinajstić information content (AvgIpc) is 2.75. The normalized spacial score (nSPS) is 10.1. The summed E-state index contributed by atoms with van der Waals surface area (Å²) in [6.45, 7) is 4.10. The van der Waals surface area contributed by atoms with Crippen molar-refractivity contribution in [3.8, 4) is 11.5 Å². The van der Waals surface area contributed by atoms with Crippen LogP contribution < -0.4 is 9.47 Å². The molecule has 0 amide bonds. The van der Waals surface area contributed by atoms with Gasteiger partial charge in [-0.05, 0) is 61.2 Å². The van der Waals surface area contributed by atoms with Crippen molar-refractivity contribution in [2.45, 2.75) is 25.7 Å². The third-order valence-electron chi connectivity index (χ3n) is 4.07. The highest BCUT2D eigenvalue weighted by Gasteiger charge is 2.09. The van der Waals surface area contributed by atoms with Crippen LogP contribution in [0, 0.1) is 0 Å². The largest absolute Gasteiger partial charge is 0.494 e. The van der Waals surface area contributed by atoms with Crippen molar-refractivity contribution in [3.63, 3.8) is 0 Å². The molecule has 0 aliphatic heterocycles. The van der Waals surface area contributed by atoms with Crippen LogP contribution in [0.1, 0.15) is 35.2 Å². The average molecular weight is 412 g/mol. The minimum atomic E-state index is -0.855. The van der Waals surface area contributed by atoms with Gasteiger partial charge in [0.25, 0.3) is 0 Å². The maximum atomic E-state index is 12.2. The van der Waals surface area contributed by atoms with E-state index in [0.717, 1.165) is 18.1 Å². The van der Waals surface area contributed by atoms with E-state index in [4.69, 9.17) is 19.3 Å². The minimum absolute atomic E-state index is 0.0519. The fourth-order valence-corrected chi connectivity index (χ4v) is 2.45. The highest BCUT2D eigenvalue weighted by atomic mass is 16.5. The highest BCUT2D eigenvalue weighted by Crippen LogP contribution is 2.17. The predicted octanol–water partition coefficient (Wildman–Crippen LogP) is 3.81. The van der Waals surface area contributed by atoms with Gasteiger partial charge in [0.2, 0.25) is 0 Å². The van der Waals surface area contributed by atoms with Gasteiger partial charge >= 0.3 is 17.9 Å². The van der Waals surface area contributed by atoms with Gasteiger partial charge < -0.3 is 19.3 Å². The molecule has 0 saturated heterocycles. The van der Waals surface area contributed by atoms with Crippen LogP contribution in [0.5, 0.6) is 11.5 Å². The van der Waals surface area contributed by atoms with Crippen molar-refractivity contribution < 1.29 is 33.7 Å². The van der Waals surface area contributed by atoms with Crippen molar-refractivity contribution in [3.05, 3.63) is 72.3 Å². The molecule has 7 nitrogen and oxygen atoms in total. The number of aliphatic carboxylic acids is 1. The Morgan fingerprint density at radius 1 is 0.900 bits per heavy atom. The molecule has 0 bridgehead atoms. The van der Waals surface area contributed by atoms with E-state index >= 15 is 0 Å². The van der Waals surface area contributed by atoms with E-state index in [0.29, 0.717) is 43.1 Å². The number of carbonyl (C=O) groups is 3. The summed E-state index contributed by atoms with van der Waals surface area (Å²) in [7, 11) is 0. The van der Waals surface area contributed by atoms with E-state index in [2.05, 4.69) is 6.58 Å². The highest BCUT2D eigenvalue weighted by molar-refractivity contribution is 5.91. The van der Waals surface area contributed by atoms with E-state index in [-0.39, 0.29) is 6.42 Å². The van der Waals surface area contributed by atoms with Gasteiger partial charge in [-0.3, -0.25) is 4.79 Å². The van der Waals surface area contributed by atoms with Crippen molar-refractivity contribution in [2.24, 2.45) is 0 Å². The molecule has 1 N–H and O–H groups in total. The molecule has 0 aliphatic rings. The lowest BCUT2D eigenvalue weighted by atomic mass is 10.1. The second-order valence-electron chi connectivity index (χ2n) is 6.38. The van der Waals surface area contributed by atoms with Crippen LogP contribution in [0.3, 0.4) is 0 Å².